The molecule has 1 unspecified atom stereocenters. The fourth-order valence-corrected chi connectivity index (χ4v) is 2.54. The highest BCUT2D eigenvalue weighted by Crippen LogP contribution is 2.21. The fourth-order valence-electron chi connectivity index (χ4n) is 2.54. The van der Waals surface area contributed by atoms with E-state index in [-0.39, 0.29) is 25.0 Å². The van der Waals surface area contributed by atoms with Gasteiger partial charge in [0.2, 0.25) is 5.91 Å². The van der Waals surface area contributed by atoms with Gasteiger partial charge in [-0.15, -0.1) is 12.4 Å². The van der Waals surface area contributed by atoms with E-state index in [1.54, 1.807) is 12.4 Å². The standard InChI is InChI=1S/C13H20F3N5O.ClH/c1-19-5-4-18-12(19)10-7-17-3-6-21(10)8-11(22)20(2)9-13(14,15)16;/h4-5,10,17H,3,6-9H2,1-2H3;1H. The van der Waals surface area contributed by atoms with Crippen molar-refractivity contribution in [2.45, 2.75) is 12.2 Å². The molecular weight excluding hydrogens is 335 g/mol. The molecule has 132 valence electrons. The average molecular weight is 356 g/mol. The van der Waals surface area contributed by atoms with Crippen molar-refractivity contribution < 1.29 is 18.0 Å². The summed E-state index contributed by atoms with van der Waals surface area (Å²) in [6, 6.07) is -0.128. The van der Waals surface area contributed by atoms with Gasteiger partial charge in [0.1, 0.15) is 12.4 Å². The molecule has 0 radical (unpaired) electrons. The van der Waals surface area contributed by atoms with Gasteiger partial charge in [0.25, 0.3) is 0 Å². The Morgan fingerprint density at radius 1 is 1.52 bits per heavy atom. The van der Waals surface area contributed by atoms with Gasteiger partial charge in [-0.2, -0.15) is 13.2 Å². The molecule has 1 aromatic heterocycles. The van der Waals surface area contributed by atoms with Crippen LogP contribution in [0.5, 0.6) is 0 Å². The predicted molar refractivity (Wildman–Crippen MR) is 81.3 cm³/mol. The van der Waals surface area contributed by atoms with E-state index in [1.807, 2.05) is 16.5 Å². The van der Waals surface area contributed by atoms with Crippen molar-refractivity contribution in [2.75, 3.05) is 39.8 Å². The van der Waals surface area contributed by atoms with Crippen LogP contribution in [-0.2, 0) is 11.8 Å². The third kappa shape index (κ3) is 5.36. The molecule has 10 heteroatoms. The summed E-state index contributed by atoms with van der Waals surface area (Å²) in [5.74, 6) is 0.247. The SMILES string of the molecule is CN(CC(F)(F)F)C(=O)CN1CCNCC1c1nccn1C.Cl. The number of nitrogens with zero attached hydrogens (tertiary/aromatic N) is 4. The van der Waals surface area contributed by atoms with Crippen LogP contribution in [-0.4, -0.2) is 71.2 Å². The number of hydrogen-bond donors (Lipinski definition) is 1. The van der Waals surface area contributed by atoms with Gasteiger partial charge in [-0.3, -0.25) is 9.69 Å². The van der Waals surface area contributed by atoms with E-state index < -0.39 is 18.6 Å². The van der Waals surface area contributed by atoms with Crippen LogP contribution in [0.15, 0.2) is 12.4 Å². The highest BCUT2D eigenvalue weighted by atomic mass is 35.5. The zero-order chi connectivity index (χ0) is 16.3. The first-order chi connectivity index (χ1) is 10.3. The van der Waals surface area contributed by atoms with E-state index in [4.69, 9.17) is 0 Å². The molecule has 23 heavy (non-hydrogen) atoms. The van der Waals surface area contributed by atoms with Crippen LogP contribution in [0.2, 0.25) is 0 Å². The molecule has 1 atom stereocenters. The van der Waals surface area contributed by atoms with Crippen LogP contribution in [0, 0.1) is 0 Å². The van der Waals surface area contributed by atoms with E-state index in [2.05, 4.69) is 10.3 Å². The van der Waals surface area contributed by atoms with Gasteiger partial charge in [-0.05, 0) is 0 Å². The van der Waals surface area contributed by atoms with Gasteiger partial charge in [-0.25, -0.2) is 4.98 Å². The van der Waals surface area contributed by atoms with Crippen molar-refractivity contribution in [3.63, 3.8) is 0 Å². The minimum atomic E-state index is -4.38. The fraction of sp³-hybridized carbons (Fsp3) is 0.692. The quantitative estimate of drug-likeness (QED) is 0.868. The second kappa shape index (κ2) is 7.98. The number of aryl methyl sites for hydroxylation is 1. The number of likely N-dealkylation sites (N-methyl/N-ethyl adjacent to an activating group) is 1. The molecule has 1 aliphatic rings. The summed E-state index contributed by atoms with van der Waals surface area (Å²) < 4.78 is 39.0. The number of nitrogens with one attached hydrogen (secondary N) is 1. The third-order valence-electron chi connectivity index (χ3n) is 3.69. The van der Waals surface area contributed by atoms with Gasteiger partial charge in [0, 0.05) is 46.1 Å². The number of aromatic nitrogens is 2. The van der Waals surface area contributed by atoms with Crippen LogP contribution in [0.3, 0.4) is 0 Å². The Morgan fingerprint density at radius 3 is 2.78 bits per heavy atom. The zero-order valence-corrected chi connectivity index (χ0v) is 13.8. The molecule has 1 N–H and O–H groups in total. The average Bonchev–Trinajstić information content (AvgIpc) is 2.83. The summed E-state index contributed by atoms with van der Waals surface area (Å²) in [6.07, 6.45) is -0.910. The lowest BCUT2D eigenvalue weighted by Crippen LogP contribution is -2.51. The predicted octanol–water partition coefficient (Wildman–Crippen LogP) is 0.809. The topological polar surface area (TPSA) is 53.4 Å². The minimum absolute atomic E-state index is 0. The second-order valence-corrected chi connectivity index (χ2v) is 5.45. The molecule has 0 saturated carbocycles. The first-order valence-electron chi connectivity index (χ1n) is 7.00. The highest BCUT2D eigenvalue weighted by Gasteiger charge is 2.33. The van der Waals surface area contributed by atoms with E-state index in [1.165, 1.54) is 7.05 Å². The van der Waals surface area contributed by atoms with Gasteiger partial charge < -0.3 is 14.8 Å². The largest absolute Gasteiger partial charge is 0.406 e. The summed E-state index contributed by atoms with van der Waals surface area (Å²) in [4.78, 5) is 18.9. The molecule has 1 amide bonds. The minimum Gasteiger partial charge on any atom is -0.337 e. The number of piperazine rings is 1. The lowest BCUT2D eigenvalue weighted by molar-refractivity contribution is -0.159. The Labute approximate surface area is 139 Å². The van der Waals surface area contributed by atoms with E-state index in [0.717, 1.165) is 10.7 Å². The first kappa shape index (κ1) is 19.7. The van der Waals surface area contributed by atoms with E-state index in [9.17, 15) is 18.0 Å². The summed E-state index contributed by atoms with van der Waals surface area (Å²) in [5, 5.41) is 3.22. The van der Waals surface area contributed by atoms with Crippen molar-refractivity contribution in [1.82, 2.24) is 24.7 Å². The lowest BCUT2D eigenvalue weighted by Gasteiger charge is -2.36. The maximum absolute atomic E-state index is 12.4. The Kier molecular flexibility index (Phi) is 6.84. The normalized spacial score (nSPS) is 19.3. The smallest absolute Gasteiger partial charge is 0.337 e. The maximum Gasteiger partial charge on any atom is 0.406 e. The Hall–Kier alpha value is -1.32. The first-order valence-corrected chi connectivity index (χ1v) is 7.00. The number of halogens is 4. The molecular formula is C13H21ClF3N5O. The Balaban J connectivity index is 0.00000264. The second-order valence-electron chi connectivity index (χ2n) is 5.45. The van der Waals surface area contributed by atoms with Crippen molar-refractivity contribution in [3.8, 4) is 0 Å². The summed E-state index contributed by atoms with van der Waals surface area (Å²) in [6.45, 7) is 0.609. The lowest BCUT2D eigenvalue weighted by atomic mass is 10.1. The van der Waals surface area contributed by atoms with Crippen LogP contribution in [0.1, 0.15) is 11.9 Å². The molecule has 0 aromatic carbocycles. The molecule has 1 aliphatic heterocycles. The number of alkyl halides is 3. The number of hydrogen-bond acceptors (Lipinski definition) is 4. The van der Waals surface area contributed by atoms with Crippen LogP contribution >= 0.6 is 12.4 Å². The van der Waals surface area contributed by atoms with Gasteiger partial charge >= 0.3 is 6.18 Å². The molecule has 1 saturated heterocycles. The van der Waals surface area contributed by atoms with Crippen LogP contribution in [0.25, 0.3) is 0 Å². The highest BCUT2D eigenvalue weighted by molar-refractivity contribution is 5.85. The molecule has 0 bridgehead atoms. The molecule has 0 aliphatic carbocycles. The monoisotopic (exact) mass is 355 g/mol. The Morgan fingerprint density at radius 2 is 2.22 bits per heavy atom. The molecule has 1 aromatic rings. The zero-order valence-electron chi connectivity index (χ0n) is 13.0. The van der Waals surface area contributed by atoms with Crippen molar-refractivity contribution >= 4 is 18.3 Å². The van der Waals surface area contributed by atoms with E-state index >= 15 is 0 Å². The molecule has 2 heterocycles. The van der Waals surface area contributed by atoms with Crippen molar-refractivity contribution in [2.24, 2.45) is 7.05 Å². The Bertz CT molecular complexity index is 522. The summed E-state index contributed by atoms with van der Waals surface area (Å²) >= 11 is 0. The summed E-state index contributed by atoms with van der Waals surface area (Å²) in [7, 11) is 3.03. The van der Waals surface area contributed by atoms with Crippen molar-refractivity contribution in [3.05, 3.63) is 18.2 Å². The molecule has 0 spiro atoms. The number of rotatable bonds is 4. The van der Waals surface area contributed by atoms with E-state index in [0.29, 0.717) is 19.6 Å². The number of carbonyl (C=O) groups excluding carboxylic acids is 1. The maximum atomic E-state index is 12.4. The molecule has 6 nitrogen and oxygen atoms in total. The molecule has 1 fully saturated rings. The van der Waals surface area contributed by atoms with Crippen molar-refractivity contribution in [1.29, 1.82) is 0 Å². The van der Waals surface area contributed by atoms with Gasteiger partial charge in [-0.1, -0.05) is 0 Å². The number of imidazole rings is 1. The number of amides is 1. The van der Waals surface area contributed by atoms with Gasteiger partial charge in [0.05, 0.1) is 12.6 Å². The molecule has 2 rings (SSSR count). The summed E-state index contributed by atoms with van der Waals surface area (Å²) in [5.41, 5.74) is 0. The van der Waals surface area contributed by atoms with Gasteiger partial charge in [0.15, 0.2) is 0 Å². The van der Waals surface area contributed by atoms with Crippen LogP contribution < -0.4 is 5.32 Å². The number of carbonyl (C=O) groups is 1. The van der Waals surface area contributed by atoms with Crippen LogP contribution in [0.4, 0.5) is 13.2 Å². The third-order valence-corrected chi connectivity index (χ3v) is 3.69.